The number of aryl methyl sites for hydroxylation is 1. The first-order valence-electron chi connectivity index (χ1n) is 12.8. The van der Waals surface area contributed by atoms with E-state index < -0.39 is 0 Å². The zero-order chi connectivity index (χ0) is 21.0. The molecule has 2 atom stereocenters. The number of aromatic nitrogens is 1. The molecule has 1 aromatic heterocycles. The number of benzene rings is 1. The van der Waals surface area contributed by atoms with Crippen molar-refractivity contribution < 1.29 is 0 Å². The summed E-state index contributed by atoms with van der Waals surface area (Å²) in [5, 5.41) is 3.86. The summed E-state index contributed by atoms with van der Waals surface area (Å²) < 4.78 is 0. The minimum Gasteiger partial charge on any atom is -0.308 e. The van der Waals surface area contributed by atoms with Crippen LogP contribution in [-0.4, -0.2) is 29.0 Å². The second-order valence-electron chi connectivity index (χ2n) is 10.3. The molecule has 3 nitrogen and oxygen atoms in total. The molecule has 0 radical (unpaired) electrons. The molecule has 0 spiro atoms. The Kier molecular flexibility index (Phi) is 6.71. The Bertz CT molecular complexity index is 855. The van der Waals surface area contributed by atoms with Gasteiger partial charge in [0.25, 0.3) is 0 Å². The molecular formula is C28H39N3. The Hall–Kier alpha value is -1.71. The first-order valence-corrected chi connectivity index (χ1v) is 12.8. The maximum Gasteiger partial charge on any atom is 0.0607 e. The molecule has 0 unspecified atom stereocenters. The molecule has 0 bridgehead atoms. The van der Waals surface area contributed by atoms with Gasteiger partial charge in [0.1, 0.15) is 0 Å². The molecule has 3 heteroatoms. The van der Waals surface area contributed by atoms with Crippen LogP contribution < -0.4 is 5.32 Å². The lowest BCUT2D eigenvalue weighted by Crippen LogP contribution is -2.48. The van der Waals surface area contributed by atoms with Crippen LogP contribution in [0.2, 0.25) is 0 Å². The zero-order valence-corrected chi connectivity index (χ0v) is 19.2. The van der Waals surface area contributed by atoms with Crippen molar-refractivity contribution in [1.82, 2.24) is 15.2 Å². The van der Waals surface area contributed by atoms with E-state index in [9.17, 15) is 0 Å². The number of hydrogen-bond donors (Lipinski definition) is 1. The van der Waals surface area contributed by atoms with E-state index in [1.54, 1.807) is 0 Å². The van der Waals surface area contributed by atoms with E-state index in [0.29, 0.717) is 12.1 Å². The van der Waals surface area contributed by atoms with Crippen molar-refractivity contribution in [3.8, 4) is 0 Å². The minimum absolute atomic E-state index is 0.493. The van der Waals surface area contributed by atoms with E-state index in [0.717, 1.165) is 31.3 Å². The number of fused-ring (bicyclic) bond motifs is 2. The van der Waals surface area contributed by atoms with Crippen LogP contribution in [-0.2, 0) is 19.4 Å². The van der Waals surface area contributed by atoms with Crippen LogP contribution in [0, 0.1) is 11.8 Å². The fourth-order valence-electron chi connectivity index (χ4n) is 6.36. The van der Waals surface area contributed by atoms with Crippen molar-refractivity contribution in [1.29, 1.82) is 0 Å². The Morgan fingerprint density at radius 3 is 2.52 bits per heavy atom. The predicted octanol–water partition coefficient (Wildman–Crippen LogP) is 5.69. The molecule has 1 fully saturated rings. The van der Waals surface area contributed by atoms with E-state index in [1.165, 1.54) is 80.3 Å². The van der Waals surface area contributed by atoms with Crippen molar-refractivity contribution in [2.45, 2.75) is 83.3 Å². The van der Waals surface area contributed by atoms with Crippen LogP contribution in [0.25, 0.3) is 0 Å². The third kappa shape index (κ3) is 4.88. The number of nitrogens with one attached hydrogen (secondary N) is 1. The average molecular weight is 418 g/mol. The van der Waals surface area contributed by atoms with E-state index in [4.69, 9.17) is 4.98 Å². The van der Waals surface area contributed by atoms with Crippen LogP contribution >= 0.6 is 0 Å². The van der Waals surface area contributed by atoms with Gasteiger partial charge in [-0.25, -0.2) is 0 Å². The van der Waals surface area contributed by atoms with Gasteiger partial charge in [-0.2, -0.15) is 0 Å². The van der Waals surface area contributed by atoms with Gasteiger partial charge in [-0.15, -0.1) is 0 Å². The number of rotatable bonds is 6. The lowest BCUT2D eigenvalue weighted by atomic mass is 9.80. The Balaban J connectivity index is 1.34. The molecule has 0 amide bonds. The molecule has 1 N–H and O–H groups in total. The summed E-state index contributed by atoms with van der Waals surface area (Å²) in [4.78, 5) is 7.75. The van der Waals surface area contributed by atoms with Crippen LogP contribution in [0.15, 0.2) is 42.6 Å². The maximum absolute atomic E-state index is 4.91. The van der Waals surface area contributed by atoms with Gasteiger partial charge in [-0.05, 0) is 73.1 Å². The van der Waals surface area contributed by atoms with Crippen LogP contribution in [0.3, 0.4) is 0 Å². The van der Waals surface area contributed by atoms with Crippen LogP contribution in [0.5, 0.6) is 0 Å². The summed E-state index contributed by atoms with van der Waals surface area (Å²) in [6.07, 6.45) is 14.0. The van der Waals surface area contributed by atoms with E-state index in [-0.39, 0.29) is 0 Å². The van der Waals surface area contributed by atoms with Crippen LogP contribution in [0.1, 0.15) is 80.3 Å². The fourth-order valence-corrected chi connectivity index (χ4v) is 6.36. The van der Waals surface area contributed by atoms with Crippen LogP contribution in [0.4, 0.5) is 0 Å². The summed E-state index contributed by atoms with van der Waals surface area (Å²) in [5.41, 5.74) is 5.87. The molecular weight excluding hydrogens is 378 g/mol. The van der Waals surface area contributed by atoms with Gasteiger partial charge >= 0.3 is 0 Å². The third-order valence-corrected chi connectivity index (χ3v) is 8.26. The van der Waals surface area contributed by atoms with Crippen molar-refractivity contribution in [3.63, 3.8) is 0 Å². The normalized spacial score (nSPS) is 28.2. The predicted molar refractivity (Wildman–Crippen MR) is 128 cm³/mol. The Labute approximate surface area is 188 Å². The number of hydrogen-bond acceptors (Lipinski definition) is 3. The summed E-state index contributed by atoms with van der Waals surface area (Å²) in [6, 6.07) is 14.5. The quantitative estimate of drug-likeness (QED) is 0.654. The van der Waals surface area contributed by atoms with Gasteiger partial charge in [0, 0.05) is 31.9 Å². The topological polar surface area (TPSA) is 28.2 Å². The molecule has 2 aliphatic carbocycles. The van der Waals surface area contributed by atoms with E-state index >= 15 is 0 Å². The Morgan fingerprint density at radius 2 is 1.68 bits per heavy atom. The van der Waals surface area contributed by atoms with E-state index in [1.807, 2.05) is 6.20 Å². The molecule has 166 valence electrons. The minimum atomic E-state index is 0.493. The van der Waals surface area contributed by atoms with Gasteiger partial charge in [-0.1, -0.05) is 56.5 Å². The smallest absolute Gasteiger partial charge is 0.0607 e. The highest BCUT2D eigenvalue weighted by Gasteiger charge is 2.32. The van der Waals surface area contributed by atoms with Crippen molar-refractivity contribution in [2.75, 3.05) is 13.1 Å². The highest BCUT2D eigenvalue weighted by Crippen LogP contribution is 2.37. The van der Waals surface area contributed by atoms with Gasteiger partial charge < -0.3 is 5.32 Å². The van der Waals surface area contributed by atoms with Crippen molar-refractivity contribution in [3.05, 3.63) is 65.0 Å². The van der Waals surface area contributed by atoms with Gasteiger partial charge in [0.2, 0.25) is 0 Å². The lowest BCUT2D eigenvalue weighted by Gasteiger charge is -2.41. The lowest BCUT2D eigenvalue weighted by molar-refractivity contribution is 0.110. The average Bonchev–Trinajstić information content (AvgIpc) is 2.83. The van der Waals surface area contributed by atoms with Crippen molar-refractivity contribution in [2.24, 2.45) is 11.8 Å². The molecule has 1 aliphatic heterocycles. The second-order valence-corrected chi connectivity index (χ2v) is 10.3. The molecule has 0 saturated heterocycles. The van der Waals surface area contributed by atoms with Crippen molar-refractivity contribution >= 4 is 0 Å². The molecule has 31 heavy (non-hydrogen) atoms. The number of pyridine rings is 1. The third-order valence-electron chi connectivity index (χ3n) is 8.26. The number of nitrogens with zero attached hydrogens (tertiary/aromatic N) is 2. The largest absolute Gasteiger partial charge is 0.308 e. The molecule has 2 heterocycles. The first kappa shape index (κ1) is 21.2. The van der Waals surface area contributed by atoms with E-state index in [2.05, 4.69) is 53.5 Å². The van der Waals surface area contributed by atoms with Gasteiger partial charge in [-0.3, -0.25) is 9.88 Å². The SMILES string of the molecule is CCC1CCC(CN(C[C@H]2Cc3ccccc3CN2)[C@H]2CCCc3cccnc32)CC1. The summed E-state index contributed by atoms with van der Waals surface area (Å²) >= 11 is 0. The highest BCUT2D eigenvalue weighted by atomic mass is 15.2. The molecule has 5 rings (SSSR count). The zero-order valence-electron chi connectivity index (χ0n) is 19.2. The summed E-state index contributed by atoms with van der Waals surface area (Å²) in [5.74, 6) is 1.83. The molecule has 1 saturated carbocycles. The molecule has 3 aliphatic rings. The first-order chi connectivity index (χ1) is 15.3. The highest BCUT2D eigenvalue weighted by molar-refractivity contribution is 5.30. The summed E-state index contributed by atoms with van der Waals surface area (Å²) in [7, 11) is 0. The monoisotopic (exact) mass is 417 g/mol. The molecule has 1 aromatic carbocycles. The summed E-state index contributed by atoms with van der Waals surface area (Å²) in [6.45, 7) is 5.77. The Morgan fingerprint density at radius 1 is 0.903 bits per heavy atom. The maximum atomic E-state index is 4.91. The molecule has 2 aromatic rings. The second kappa shape index (κ2) is 9.83. The fraction of sp³-hybridized carbons (Fsp3) is 0.607. The van der Waals surface area contributed by atoms with Gasteiger partial charge in [0.05, 0.1) is 11.7 Å². The van der Waals surface area contributed by atoms with Gasteiger partial charge in [0.15, 0.2) is 0 Å². The standard InChI is InChI=1S/C28H39N3/c1-2-21-12-14-22(15-13-21)19-31(27-11-5-9-23-10-6-16-29-28(23)27)20-26-17-24-7-3-4-8-25(24)18-30-26/h3-4,6-8,10,16,21-22,26-27,30H,2,5,9,11-15,17-20H2,1H3/t21?,22?,26-,27+/m1/s1.